The molecule has 0 spiro atoms. The van der Waals surface area contributed by atoms with Gasteiger partial charge < -0.3 is 19.5 Å². The van der Waals surface area contributed by atoms with Crippen molar-refractivity contribution in [1.29, 1.82) is 0 Å². The lowest BCUT2D eigenvalue weighted by molar-refractivity contribution is -0.146. The van der Waals surface area contributed by atoms with Crippen LogP contribution in [0.5, 0.6) is 11.5 Å². The summed E-state index contributed by atoms with van der Waals surface area (Å²) in [6.45, 7) is 1.52. The molecule has 1 saturated heterocycles. The average Bonchev–Trinajstić information content (AvgIpc) is 2.53. The Balaban J connectivity index is 2.33. The van der Waals surface area contributed by atoms with Crippen LogP contribution in [-0.4, -0.2) is 40.4 Å². The fraction of sp³-hybridized carbons (Fsp3) is 0.533. The number of ether oxygens (including phenoxy) is 3. The number of nitrogens with one attached hydrogen (secondary N) is 1. The minimum absolute atomic E-state index is 0.118. The Bertz CT molecular complexity index is 453. The third-order valence-corrected chi connectivity index (χ3v) is 3.79. The number of methoxy groups -OCH3 is 3. The molecular weight excluding hydrogens is 258 g/mol. The summed E-state index contributed by atoms with van der Waals surface area (Å²) in [4.78, 5) is 11.9. The van der Waals surface area contributed by atoms with E-state index in [1.54, 1.807) is 14.2 Å². The number of benzene rings is 1. The molecule has 0 aliphatic carbocycles. The Morgan fingerprint density at radius 3 is 2.35 bits per heavy atom. The molecule has 1 N–H and O–H groups in total. The minimum Gasteiger partial charge on any atom is -0.497 e. The third kappa shape index (κ3) is 3.04. The van der Waals surface area contributed by atoms with E-state index in [4.69, 9.17) is 14.2 Å². The van der Waals surface area contributed by atoms with Crippen LogP contribution in [0.4, 0.5) is 0 Å². The van der Waals surface area contributed by atoms with Crippen LogP contribution in [0.3, 0.4) is 0 Å². The number of rotatable bonds is 4. The van der Waals surface area contributed by atoms with Gasteiger partial charge in [-0.25, -0.2) is 0 Å². The predicted octanol–water partition coefficient (Wildman–Crippen LogP) is 1.57. The molecule has 1 heterocycles. The fourth-order valence-corrected chi connectivity index (χ4v) is 2.70. The van der Waals surface area contributed by atoms with Gasteiger partial charge in [0.1, 0.15) is 11.5 Å². The van der Waals surface area contributed by atoms with Crippen molar-refractivity contribution in [2.24, 2.45) is 5.92 Å². The summed E-state index contributed by atoms with van der Waals surface area (Å²) in [5.41, 5.74) is 1.05. The van der Waals surface area contributed by atoms with Gasteiger partial charge in [0, 0.05) is 12.6 Å². The lowest BCUT2D eigenvalue weighted by Gasteiger charge is -2.30. The van der Waals surface area contributed by atoms with Gasteiger partial charge in [-0.05, 0) is 36.6 Å². The van der Waals surface area contributed by atoms with Gasteiger partial charge in [-0.2, -0.15) is 0 Å². The molecule has 5 heteroatoms. The smallest absolute Gasteiger partial charge is 0.310 e. The summed E-state index contributed by atoms with van der Waals surface area (Å²) in [7, 11) is 4.68. The number of hydrogen-bond acceptors (Lipinski definition) is 5. The highest BCUT2D eigenvalue weighted by atomic mass is 16.5. The first-order chi connectivity index (χ1) is 9.69. The van der Waals surface area contributed by atoms with E-state index in [1.165, 1.54) is 7.11 Å². The molecule has 0 unspecified atom stereocenters. The maximum Gasteiger partial charge on any atom is 0.310 e. The summed E-state index contributed by atoms with van der Waals surface area (Å²) in [5.74, 6) is 1.24. The van der Waals surface area contributed by atoms with Crippen LogP contribution >= 0.6 is 0 Å². The second-order valence-corrected chi connectivity index (χ2v) is 4.87. The van der Waals surface area contributed by atoms with Crippen LogP contribution in [0.2, 0.25) is 0 Å². The number of piperidine rings is 1. The zero-order chi connectivity index (χ0) is 14.5. The zero-order valence-electron chi connectivity index (χ0n) is 12.1. The molecule has 2 rings (SSSR count). The Morgan fingerprint density at radius 1 is 1.15 bits per heavy atom. The SMILES string of the molecule is COC(=O)[C@@H]1CNCC[C@@H]1c1cc(OC)cc(OC)c1. The van der Waals surface area contributed by atoms with Crippen LogP contribution in [0, 0.1) is 5.92 Å². The Kier molecular flexibility index (Phi) is 4.84. The van der Waals surface area contributed by atoms with E-state index in [9.17, 15) is 4.79 Å². The maximum absolute atomic E-state index is 11.9. The van der Waals surface area contributed by atoms with Crippen molar-refractivity contribution < 1.29 is 19.0 Å². The van der Waals surface area contributed by atoms with Crippen LogP contribution in [0.15, 0.2) is 18.2 Å². The molecule has 110 valence electrons. The monoisotopic (exact) mass is 279 g/mol. The molecule has 2 atom stereocenters. The van der Waals surface area contributed by atoms with Gasteiger partial charge in [0.2, 0.25) is 0 Å². The quantitative estimate of drug-likeness (QED) is 0.848. The fourth-order valence-electron chi connectivity index (χ4n) is 2.70. The third-order valence-electron chi connectivity index (χ3n) is 3.79. The van der Waals surface area contributed by atoms with Crippen LogP contribution in [0.1, 0.15) is 17.9 Å². The van der Waals surface area contributed by atoms with E-state index in [0.29, 0.717) is 6.54 Å². The van der Waals surface area contributed by atoms with Crippen molar-refractivity contribution in [3.63, 3.8) is 0 Å². The summed E-state index contributed by atoms with van der Waals surface area (Å²) >= 11 is 0. The van der Waals surface area contributed by atoms with Crippen molar-refractivity contribution in [2.45, 2.75) is 12.3 Å². The average molecular weight is 279 g/mol. The normalized spacial score (nSPS) is 22.1. The van der Waals surface area contributed by atoms with Crippen LogP contribution in [0.25, 0.3) is 0 Å². The van der Waals surface area contributed by atoms with Crippen LogP contribution in [-0.2, 0) is 9.53 Å². The Hall–Kier alpha value is -1.75. The molecule has 5 nitrogen and oxygen atoms in total. The van der Waals surface area contributed by atoms with Gasteiger partial charge in [0.05, 0.1) is 27.2 Å². The molecule has 0 radical (unpaired) electrons. The number of hydrogen-bond donors (Lipinski definition) is 1. The van der Waals surface area contributed by atoms with Gasteiger partial charge in [-0.3, -0.25) is 4.79 Å². The van der Waals surface area contributed by atoms with Crippen molar-refractivity contribution >= 4 is 5.97 Å². The van der Waals surface area contributed by atoms with Gasteiger partial charge in [0.15, 0.2) is 0 Å². The summed E-state index contributed by atoms with van der Waals surface area (Å²) in [6, 6.07) is 5.76. The van der Waals surface area contributed by atoms with E-state index >= 15 is 0 Å². The van der Waals surface area contributed by atoms with E-state index in [1.807, 2.05) is 18.2 Å². The lowest BCUT2D eigenvalue weighted by atomic mass is 9.81. The first kappa shape index (κ1) is 14.7. The largest absolute Gasteiger partial charge is 0.497 e. The zero-order valence-corrected chi connectivity index (χ0v) is 12.1. The topological polar surface area (TPSA) is 56.8 Å². The molecule has 1 aliphatic heterocycles. The second-order valence-electron chi connectivity index (χ2n) is 4.87. The van der Waals surface area contributed by atoms with E-state index < -0.39 is 0 Å². The first-order valence-electron chi connectivity index (χ1n) is 6.71. The maximum atomic E-state index is 11.9. The summed E-state index contributed by atoms with van der Waals surface area (Å²) in [5, 5.41) is 3.24. The van der Waals surface area contributed by atoms with E-state index in [2.05, 4.69) is 5.32 Å². The molecule has 0 amide bonds. The van der Waals surface area contributed by atoms with Gasteiger partial charge in [-0.1, -0.05) is 0 Å². The molecule has 1 aromatic rings. The molecule has 0 aromatic heterocycles. The molecule has 0 saturated carbocycles. The van der Waals surface area contributed by atoms with E-state index in [0.717, 1.165) is 30.0 Å². The Morgan fingerprint density at radius 2 is 1.80 bits per heavy atom. The van der Waals surface area contributed by atoms with Gasteiger partial charge in [-0.15, -0.1) is 0 Å². The Labute approximate surface area is 119 Å². The highest BCUT2D eigenvalue weighted by Gasteiger charge is 2.33. The highest BCUT2D eigenvalue weighted by Crippen LogP contribution is 2.35. The lowest BCUT2D eigenvalue weighted by Crippen LogP contribution is -2.40. The number of carbonyl (C=O) groups excluding carboxylic acids is 1. The molecule has 0 bridgehead atoms. The van der Waals surface area contributed by atoms with Crippen molar-refractivity contribution in [3.05, 3.63) is 23.8 Å². The van der Waals surface area contributed by atoms with Gasteiger partial charge in [0.25, 0.3) is 0 Å². The molecule has 20 heavy (non-hydrogen) atoms. The second kappa shape index (κ2) is 6.61. The summed E-state index contributed by atoms with van der Waals surface area (Å²) < 4.78 is 15.5. The number of carbonyl (C=O) groups is 1. The van der Waals surface area contributed by atoms with Crippen molar-refractivity contribution in [3.8, 4) is 11.5 Å². The van der Waals surface area contributed by atoms with Gasteiger partial charge >= 0.3 is 5.97 Å². The molecule has 1 aromatic carbocycles. The standard InChI is InChI=1S/C15H21NO4/c1-18-11-6-10(7-12(8-11)19-2)13-4-5-16-9-14(13)15(17)20-3/h6-8,13-14,16H,4-5,9H2,1-3H3/t13-,14-/m1/s1. The number of esters is 1. The van der Waals surface area contributed by atoms with Crippen LogP contribution < -0.4 is 14.8 Å². The molecular formula is C15H21NO4. The summed E-state index contributed by atoms with van der Waals surface area (Å²) in [6.07, 6.45) is 0.885. The first-order valence-corrected chi connectivity index (χ1v) is 6.71. The van der Waals surface area contributed by atoms with E-state index in [-0.39, 0.29) is 17.8 Å². The molecule has 1 fully saturated rings. The predicted molar refractivity (Wildman–Crippen MR) is 75.3 cm³/mol. The highest BCUT2D eigenvalue weighted by molar-refractivity contribution is 5.74. The molecule has 1 aliphatic rings. The minimum atomic E-state index is -0.177. The van der Waals surface area contributed by atoms with Crippen molar-refractivity contribution in [2.75, 3.05) is 34.4 Å². The van der Waals surface area contributed by atoms with Crippen molar-refractivity contribution in [1.82, 2.24) is 5.32 Å².